The molecule has 106 valence electrons. The molecule has 1 aliphatic rings. The Kier molecular flexibility index (Phi) is 4.35. The maximum atomic E-state index is 12.1. The Morgan fingerprint density at radius 1 is 1.45 bits per heavy atom. The third-order valence-corrected chi connectivity index (χ3v) is 3.76. The molecular weight excluding hydrogens is 300 g/mol. The van der Waals surface area contributed by atoms with Crippen molar-refractivity contribution < 1.29 is 14.4 Å². The van der Waals surface area contributed by atoms with Crippen LogP contribution in [0, 0.1) is 0 Å². The molecule has 0 aliphatic carbocycles. The molecule has 1 fully saturated rings. The van der Waals surface area contributed by atoms with Gasteiger partial charge in [0, 0.05) is 18.4 Å². The Bertz CT molecular complexity index is 591. The molecule has 5 nitrogen and oxygen atoms in total. The highest BCUT2D eigenvalue weighted by atomic mass is 35.5. The van der Waals surface area contributed by atoms with Crippen LogP contribution in [0.5, 0.6) is 0 Å². The largest absolute Gasteiger partial charge is 0.340 e. The van der Waals surface area contributed by atoms with Crippen molar-refractivity contribution >= 4 is 42.0 Å². The van der Waals surface area contributed by atoms with Gasteiger partial charge in [0.2, 0.25) is 5.91 Å². The molecule has 0 aromatic heterocycles. The number of piperidine rings is 1. The van der Waals surface area contributed by atoms with Gasteiger partial charge in [0.15, 0.2) is 0 Å². The average Bonchev–Trinajstić information content (AvgIpc) is 2.42. The molecule has 1 aromatic carbocycles. The van der Waals surface area contributed by atoms with E-state index in [-0.39, 0.29) is 22.9 Å². The lowest BCUT2D eigenvalue weighted by atomic mass is 10.0. The maximum Gasteiger partial charge on any atom is 0.253 e. The number of nitrogens with one attached hydrogen (secondary N) is 1. The van der Waals surface area contributed by atoms with Gasteiger partial charge in [0.05, 0.1) is 10.6 Å². The normalized spacial score (nSPS) is 19.1. The summed E-state index contributed by atoms with van der Waals surface area (Å²) in [7, 11) is 1.41. The summed E-state index contributed by atoms with van der Waals surface area (Å²) < 4.78 is 0. The zero-order chi connectivity index (χ0) is 14.9. The van der Waals surface area contributed by atoms with E-state index in [0.717, 1.165) is 4.90 Å². The van der Waals surface area contributed by atoms with Crippen LogP contribution in [-0.2, 0) is 9.59 Å². The fraction of sp³-hybridized carbons (Fsp3) is 0.308. The van der Waals surface area contributed by atoms with Crippen LogP contribution >= 0.6 is 24.2 Å². The van der Waals surface area contributed by atoms with Gasteiger partial charge in [0.25, 0.3) is 11.8 Å². The predicted molar refractivity (Wildman–Crippen MR) is 77.0 cm³/mol. The second-order valence-corrected chi connectivity index (χ2v) is 5.44. The van der Waals surface area contributed by atoms with Gasteiger partial charge in [0.1, 0.15) is 6.04 Å². The first kappa shape index (κ1) is 14.9. The molecule has 1 heterocycles. The summed E-state index contributed by atoms with van der Waals surface area (Å²) in [4.78, 5) is 37.0. The molecule has 7 heteroatoms. The van der Waals surface area contributed by atoms with Crippen molar-refractivity contribution in [1.29, 1.82) is 0 Å². The van der Waals surface area contributed by atoms with Crippen molar-refractivity contribution in [2.24, 2.45) is 0 Å². The number of rotatable bonds is 2. The topological polar surface area (TPSA) is 66.5 Å². The standard InChI is InChI=1S/C13H13ClN2O3S/c1-16-11(17)5-4-10(13(16)19)15-12(18)8-6-7(20)2-3-9(8)14/h2-3,6,10,20H,4-5H2,1H3,(H,15,18). The Morgan fingerprint density at radius 2 is 2.15 bits per heavy atom. The highest BCUT2D eigenvalue weighted by molar-refractivity contribution is 7.80. The first-order valence-electron chi connectivity index (χ1n) is 6.00. The number of hydrogen-bond acceptors (Lipinski definition) is 4. The van der Waals surface area contributed by atoms with Crippen molar-refractivity contribution in [3.05, 3.63) is 28.8 Å². The van der Waals surface area contributed by atoms with Crippen LogP contribution < -0.4 is 5.32 Å². The van der Waals surface area contributed by atoms with Gasteiger partial charge >= 0.3 is 0 Å². The number of halogens is 1. The molecule has 0 radical (unpaired) electrons. The van der Waals surface area contributed by atoms with Gasteiger partial charge < -0.3 is 5.32 Å². The number of likely N-dealkylation sites (N-methyl/N-ethyl adjacent to an activating group) is 1. The number of likely N-dealkylation sites (tertiary alicyclic amines) is 1. The molecule has 1 N–H and O–H groups in total. The summed E-state index contributed by atoms with van der Waals surface area (Å²) in [6.45, 7) is 0. The predicted octanol–water partition coefficient (Wildman–Crippen LogP) is 1.51. The molecule has 0 bridgehead atoms. The minimum atomic E-state index is -0.704. The van der Waals surface area contributed by atoms with Gasteiger partial charge in [-0.1, -0.05) is 11.6 Å². The lowest BCUT2D eigenvalue weighted by molar-refractivity contribution is -0.147. The van der Waals surface area contributed by atoms with E-state index < -0.39 is 17.9 Å². The molecule has 1 atom stereocenters. The van der Waals surface area contributed by atoms with E-state index in [1.165, 1.54) is 13.1 Å². The number of nitrogens with zero attached hydrogens (tertiary/aromatic N) is 1. The van der Waals surface area contributed by atoms with Crippen LogP contribution in [0.3, 0.4) is 0 Å². The second-order valence-electron chi connectivity index (χ2n) is 4.52. The lowest BCUT2D eigenvalue weighted by Crippen LogP contribution is -2.52. The number of thiol groups is 1. The van der Waals surface area contributed by atoms with Crippen LogP contribution in [0.15, 0.2) is 23.1 Å². The number of amides is 3. The molecule has 1 aromatic rings. The minimum absolute atomic E-state index is 0.230. The number of benzene rings is 1. The van der Waals surface area contributed by atoms with Gasteiger partial charge in [-0.2, -0.15) is 0 Å². The Labute approximate surface area is 126 Å². The Balaban J connectivity index is 2.14. The third kappa shape index (κ3) is 2.96. The molecular formula is C13H13ClN2O3S. The van der Waals surface area contributed by atoms with Crippen LogP contribution in [-0.4, -0.2) is 35.7 Å². The monoisotopic (exact) mass is 312 g/mol. The van der Waals surface area contributed by atoms with Crippen molar-refractivity contribution in [2.45, 2.75) is 23.8 Å². The summed E-state index contributed by atoms with van der Waals surface area (Å²) in [6, 6.07) is 4.06. The van der Waals surface area contributed by atoms with Gasteiger partial charge in [-0.25, -0.2) is 0 Å². The summed E-state index contributed by atoms with van der Waals surface area (Å²) in [5.41, 5.74) is 0.256. The summed E-state index contributed by atoms with van der Waals surface area (Å²) in [6.07, 6.45) is 0.527. The first-order valence-corrected chi connectivity index (χ1v) is 6.82. The minimum Gasteiger partial charge on any atom is -0.340 e. The third-order valence-electron chi connectivity index (χ3n) is 3.15. The summed E-state index contributed by atoms with van der Waals surface area (Å²) >= 11 is 10.1. The number of hydrogen-bond donors (Lipinski definition) is 2. The highest BCUT2D eigenvalue weighted by Gasteiger charge is 2.33. The van der Waals surface area contributed by atoms with Crippen molar-refractivity contribution in [3.8, 4) is 0 Å². The van der Waals surface area contributed by atoms with Gasteiger partial charge in [-0.3, -0.25) is 19.3 Å². The van der Waals surface area contributed by atoms with E-state index in [1.807, 2.05) is 0 Å². The van der Waals surface area contributed by atoms with Gasteiger partial charge in [-0.05, 0) is 24.6 Å². The average molecular weight is 313 g/mol. The zero-order valence-corrected chi connectivity index (χ0v) is 12.4. The number of imide groups is 1. The van der Waals surface area contributed by atoms with Crippen molar-refractivity contribution in [1.82, 2.24) is 10.2 Å². The molecule has 1 aliphatic heterocycles. The SMILES string of the molecule is CN1C(=O)CCC(NC(=O)c2cc(S)ccc2Cl)C1=O. The van der Waals surface area contributed by atoms with Crippen molar-refractivity contribution in [3.63, 3.8) is 0 Å². The van der Waals surface area contributed by atoms with E-state index in [9.17, 15) is 14.4 Å². The zero-order valence-electron chi connectivity index (χ0n) is 10.7. The fourth-order valence-electron chi connectivity index (χ4n) is 1.97. The molecule has 3 amide bonds. The molecule has 1 unspecified atom stereocenters. The smallest absolute Gasteiger partial charge is 0.253 e. The van der Waals surface area contributed by atoms with Crippen LogP contribution in [0.2, 0.25) is 5.02 Å². The van der Waals surface area contributed by atoms with E-state index in [4.69, 9.17) is 11.6 Å². The summed E-state index contributed by atoms with van der Waals surface area (Å²) in [5.74, 6) is -1.10. The quantitative estimate of drug-likeness (QED) is 0.642. The van der Waals surface area contributed by atoms with Gasteiger partial charge in [-0.15, -0.1) is 12.6 Å². The van der Waals surface area contributed by atoms with E-state index >= 15 is 0 Å². The fourth-order valence-corrected chi connectivity index (χ4v) is 2.38. The van der Waals surface area contributed by atoms with E-state index in [2.05, 4.69) is 17.9 Å². The first-order chi connectivity index (χ1) is 9.40. The molecule has 0 spiro atoms. The molecule has 0 saturated carbocycles. The maximum absolute atomic E-state index is 12.1. The molecule has 2 rings (SSSR count). The van der Waals surface area contributed by atoms with Crippen LogP contribution in [0.25, 0.3) is 0 Å². The van der Waals surface area contributed by atoms with Crippen molar-refractivity contribution in [2.75, 3.05) is 7.05 Å². The molecule has 1 saturated heterocycles. The Morgan fingerprint density at radius 3 is 2.85 bits per heavy atom. The highest BCUT2D eigenvalue weighted by Crippen LogP contribution is 2.20. The number of carbonyl (C=O) groups is 3. The molecule has 20 heavy (non-hydrogen) atoms. The number of carbonyl (C=O) groups excluding carboxylic acids is 3. The second kappa shape index (κ2) is 5.85. The summed E-state index contributed by atoms with van der Waals surface area (Å²) in [5, 5.41) is 2.89. The van der Waals surface area contributed by atoms with E-state index in [0.29, 0.717) is 11.3 Å². The van der Waals surface area contributed by atoms with E-state index in [1.54, 1.807) is 12.1 Å². The Hall–Kier alpha value is -1.53. The van der Waals surface area contributed by atoms with Crippen LogP contribution in [0.1, 0.15) is 23.2 Å². The van der Waals surface area contributed by atoms with Crippen LogP contribution in [0.4, 0.5) is 0 Å². The lowest BCUT2D eigenvalue weighted by Gasteiger charge is -2.28.